The number of carbonyl (C=O) groups is 2. The number of sulfonamides is 1. The summed E-state index contributed by atoms with van der Waals surface area (Å²) in [6.07, 6.45) is 5.57. The number of alkyl halides is 2. The first kappa shape index (κ1) is 30.0. The van der Waals surface area contributed by atoms with E-state index in [1.165, 1.54) is 35.6 Å². The highest BCUT2D eigenvalue weighted by molar-refractivity contribution is 7.93. The molecule has 3 fully saturated rings. The van der Waals surface area contributed by atoms with Gasteiger partial charge in [-0.15, -0.1) is 0 Å². The summed E-state index contributed by atoms with van der Waals surface area (Å²) in [6, 6.07) is 7.18. The third kappa shape index (κ3) is 6.93. The quantitative estimate of drug-likeness (QED) is 0.402. The molecule has 10 nitrogen and oxygen atoms in total. The Hall–Kier alpha value is -3.48. The number of aromatic nitrogens is 1. The summed E-state index contributed by atoms with van der Waals surface area (Å²) in [5, 5.41) is 2.69. The summed E-state index contributed by atoms with van der Waals surface area (Å²) in [5.41, 5.74) is 0.858. The van der Waals surface area contributed by atoms with Crippen LogP contribution >= 0.6 is 0 Å². The van der Waals surface area contributed by atoms with Gasteiger partial charge in [0.05, 0.1) is 23.5 Å². The minimum atomic E-state index is -4.06. The molecule has 1 amide bonds. The van der Waals surface area contributed by atoms with Crippen LogP contribution in [-0.4, -0.2) is 56.2 Å². The zero-order valence-corrected chi connectivity index (χ0v) is 24.4. The molecule has 1 aromatic heterocycles. The highest BCUT2D eigenvalue weighted by Gasteiger charge is 2.44. The van der Waals surface area contributed by atoms with Crippen LogP contribution in [0.3, 0.4) is 0 Å². The standard InChI is InChI=1S/C29H36F2N4O6S/c1-2-41-25(36)19-42(39,40)33-20-5-6-22(24(18-20)34-16-13-28(11-12-28)14-17-34)26(37)32-23-4-3-15-35(27(23)38)21-7-9-29(30,31)10-8-21/h3-6,15,18,21,33H,2,7-14,16-17,19H2,1H3,(H,32,37). The fourth-order valence-corrected chi connectivity index (χ4v) is 6.86. The van der Waals surface area contributed by atoms with Crippen LogP contribution in [0, 0.1) is 5.41 Å². The highest BCUT2D eigenvalue weighted by Crippen LogP contribution is 2.54. The van der Waals surface area contributed by atoms with Crippen LogP contribution in [0.15, 0.2) is 41.3 Å². The van der Waals surface area contributed by atoms with Gasteiger partial charge in [-0.1, -0.05) is 0 Å². The van der Waals surface area contributed by atoms with Crippen LogP contribution in [0.5, 0.6) is 0 Å². The molecular formula is C29H36F2N4O6S. The second kappa shape index (κ2) is 11.7. The Balaban J connectivity index is 1.38. The van der Waals surface area contributed by atoms with Crippen molar-refractivity contribution >= 4 is 39.0 Å². The number of nitrogens with one attached hydrogen (secondary N) is 2. The number of benzene rings is 1. The van der Waals surface area contributed by atoms with Gasteiger partial charge in [-0.2, -0.15) is 0 Å². The minimum absolute atomic E-state index is 0.0283. The van der Waals surface area contributed by atoms with Gasteiger partial charge in [-0.3, -0.25) is 19.1 Å². The van der Waals surface area contributed by atoms with Crippen LogP contribution in [0.2, 0.25) is 0 Å². The van der Waals surface area contributed by atoms with E-state index in [4.69, 9.17) is 4.74 Å². The van der Waals surface area contributed by atoms with E-state index in [1.807, 2.05) is 4.90 Å². The molecule has 42 heavy (non-hydrogen) atoms. The van der Waals surface area contributed by atoms with Gasteiger partial charge in [0.2, 0.25) is 15.9 Å². The Morgan fingerprint density at radius 2 is 1.74 bits per heavy atom. The lowest BCUT2D eigenvalue weighted by molar-refractivity contribution is -0.139. The number of hydrogen-bond donors (Lipinski definition) is 2. The summed E-state index contributed by atoms with van der Waals surface area (Å²) >= 11 is 0. The summed E-state index contributed by atoms with van der Waals surface area (Å²) in [5.74, 6) is -5.00. The van der Waals surface area contributed by atoms with Gasteiger partial charge < -0.3 is 19.5 Å². The number of anilines is 3. The molecular weight excluding hydrogens is 570 g/mol. The van der Waals surface area contributed by atoms with E-state index in [9.17, 15) is 31.6 Å². The van der Waals surface area contributed by atoms with E-state index in [2.05, 4.69) is 10.0 Å². The van der Waals surface area contributed by atoms with Crippen LogP contribution in [-0.2, 0) is 19.6 Å². The number of rotatable bonds is 9. The third-order valence-corrected chi connectivity index (χ3v) is 9.72. The Morgan fingerprint density at radius 3 is 2.38 bits per heavy atom. The first-order valence-corrected chi connectivity index (χ1v) is 16.0. The first-order valence-electron chi connectivity index (χ1n) is 14.3. The molecule has 1 saturated heterocycles. The summed E-state index contributed by atoms with van der Waals surface area (Å²) < 4.78 is 61.1. The number of ether oxygens (including phenoxy) is 1. The maximum Gasteiger partial charge on any atom is 0.323 e. The predicted octanol–water partition coefficient (Wildman–Crippen LogP) is 4.54. The Kier molecular flexibility index (Phi) is 8.32. The summed E-state index contributed by atoms with van der Waals surface area (Å²) in [4.78, 5) is 40.6. The molecule has 0 atom stereocenters. The molecule has 13 heteroatoms. The number of amides is 1. The Labute approximate surface area is 243 Å². The number of halogens is 2. The zero-order chi connectivity index (χ0) is 30.1. The van der Waals surface area contributed by atoms with Crippen molar-refractivity contribution in [2.75, 3.05) is 40.4 Å². The van der Waals surface area contributed by atoms with Crippen molar-refractivity contribution in [3.63, 3.8) is 0 Å². The SMILES string of the molecule is CCOC(=O)CS(=O)(=O)Nc1ccc(C(=O)Nc2cccn(C3CCC(F)(F)CC3)c2=O)c(N2CCC3(CC2)CC3)c1. The van der Waals surface area contributed by atoms with Gasteiger partial charge in [-0.05, 0) is 81.2 Å². The van der Waals surface area contributed by atoms with Crippen LogP contribution in [0.4, 0.5) is 25.8 Å². The van der Waals surface area contributed by atoms with Crippen LogP contribution in [0.1, 0.15) is 74.7 Å². The van der Waals surface area contributed by atoms with Crippen molar-refractivity contribution in [2.24, 2.45) is 5.41 Å². The van der Waals surface area contributed by atoms with Crippen molar-refractivity contribution in [3.05, 3.63) is 52.4 Å². The van der Waals surface area contributed by atoms with Gasteiger partial charge >= 0.3 is 5.97 Å². The maximum atomic E-state index is 13.7. The van der Waals surface area contributed by atoms with Crippen molar-refractivity contribution in [2.45, 2.75) is 70.3 Å². The summed E-state index contributed by atoms with van der Waals surface area (Å²) in [7, 11) is -4.06. The fraction of sp³-hybridized carbons (Fsp3) is 0.552. The number of piperidine rings is 1. The number of esters is 1. The molecule has 0 radical (unpaired) electrons. The molecule has 1 spiro atoms. The van der Waals surface area contributed by atoms with E-state index in [-0.39, 0.29) is 55.3 Å². The topological polar surface area (TPSA) is 127 Å². The smallest absolute Gasteiger partial charge is 0.323 e. The van der Waals surface area contributed by atoms with Gasteiger partial charge in [0.1, 0.15) is 5.69 Å². The molecule has 5 rings (SSSR count). The minimum Gasteiger partial charge on any atom is -0.465 e. The van der Waals surface area contributed by atoms with E-state index in [1.54, 1.807) is 25.3 Å². The van der Waals surface area contributed by atoms with E-state index >= 15 is 0 Å². The zero-order valence-electron chi connectivity index (χ0n) is 23.5. The van der Waals surface area contributed by atoms with Crippen molar-refractivity contribution in [1.29, 1.82) is 0 Å². The van der Waals surface area contributed by atoms with Gasteiger partial charge in [-0.25, -0.2) is 17.2 Å². The molecule has 0 bridgehead atoms. The molecule has 1 aliphatic heterocycles. The monoisotopic (exact) mass is 606 g/mol. The van der Waals surface area contributed by atoms with E-state index < -0.39 is 39.1 Å². The van der Waals surface area contributed by atoms with Crippen LogP contribution < -0.4 is 20.5 Å². The van der Waals surface area contributed by atoms with E-state index in [0.29, 0.717) is 24.2 Å². The molecule has 2 aliphatic carbocycles. The molecule has 3 aliphatic rings. The normalized spacial score (nSPS) is 19.7. The molecule has 0 unspecified atom stereocenters. The third-order valence-electron chi connectivity index (χ3n) is 8.55. The average molecular weight is 607 g/mol. The number of hydrogen-bond acceptors (Lipinski definition) is 7. The number of nitrogens with zero attached hydrogens (tertiary/aromatic N) is 2. The Bertz CT molecular complexity index is 1500. The maximum absolute atomic E-state index is 13.7. The van der Waals surface area contributed by atoms with Gasteiger partial charge in [0.25, 0.3) is 11.5 Å². The van der Waals surface area contributed by atoms with Crippen molar-refractivity contribution in [1.82, 2.24) is 4.57 Å². The average Bonchev–Trinajstić information content (AvgIpc) is 3.68. The van der Waals surface area contributed by atoms with Crippen molar-refractivity contribution in [3.8, 4) is 0 Å². The molecule has 228 valence electrons. The lowest BCUT2D eigenvalue weighted by Crippen LogP contribution is -2.36. The first-order chi connectivity index (χ1) is 19.9. The predicted molar refractivity (Wildman–Crippen MR) is 155 cm³/mol. The Morgan fingerprint density at radius 1 is 1.05 bits per heavy atom. The second-order valence-electron chi connectivity index (χ2n) is 11.6. The molecule has 2 heterocycles. The van der Waals surface area contributed by atoms with Crippen molar-refractivity contribution < 1.29 is 31.5 Å². The highest BCUT2D eigenvalue weighted by atomic mass is 32.2. The lowest BCUT2D eigenvalue weighted by atomic mass is 9.92. The largest absolute Gasteiger partial charge is 0.465 e. The lowest BCUT2D eigenvalue weighted by Gasteiger charge is -2.35. The number of pyridine rings is 1. The molecule has 2 N–H and O–H groups in total. The molecule has 2 aromatic rings. The number of carbonyl (C=O) groups excluding carboxylic acids is 2. The van der Waals surface area contributed by atoms with E-state index in [0.717, 1.165) is 12.8 Å². The van der Waals surface area contributed by atoms with Gasteiger partial charge in [0, 0.05) is 38.2 Å². The summed E-state index contributed by atoms with van der Waals surface area (Å²) in [6.45, 7) is 3.01. The van der Waals surface area contributed by atoms with Gasteiger partial charge in [0.15, 0.2) is 5.75 Å². The molecule has 2 saturated carbocycles. The second-order valence-corrected chi connectivity index (χ2v) is 13.3. The van der Waals surface area contributed by atoms with Crippen LogP contribution in [0.25, 0.3) is 0 Å². The fourth-order valence-electron chi connectivity index (χ4n) is 5.91. The molecule has 1 aromatic carbocycles.